The van der Waals surface area contributed by atoms with Crippen molar-refractivity contribution >= 4 is 21.8 Å². The van der Waals surface area contributed by atoms with Crippen LogP contribution in [0.2, 0.25) is 0 Å². The van der Waals surface area contributed by atoms with Crippen LogP contribution in [0.4, 0.5) is 13.2 Å². The van der Waals surface area contributed by atoms with Crippen molar-refractivity contribution in [2.24, 2.45) is 0 Å². The van der Waals surface area contributed by atoms with E-state index in [1.54, 1.807) is 38.1 Å². The van der Waals surface area contributed by atoms with Crippen LogP contribution in [0.25, 0.3) is 0 Å². The van der Waals surface area contributed by atoms with Gasteiger partial charge in [0, 0.05) is 10.6 Å². The summed E-state index contributed by atoms with van der Waals surface area (Å²) in [5.41, 5.74) is 2.38. The van der Waals surface area contributed by atoms with Gasteiger partial charge >= 0.3 is 6.18 Å². The molecule has 3 nitrogen and oxygen atoms in total. The molecule has 2 aromatic rings. The molecule has 0 aromatic heterocycles. The molecule has 0 aliphatic carbocycles. The number of sulfonamides is 1. The number of hydrogen-bond donors (Lipinski definition) is 1. The van der Waals surface area contributed by atoms with Gasteiger partial charge in [0.2, 0.25) is 10.0 Å². The van der Waals surface area contributed by atoms with Crippen LogP contribution in [-0.4, -0.2) is 26.4 Å². The predicted molar refractivity (Wildman–Crippen MR) is 117 cm³/mol. The van der Waals surface area contributed by atoms with Crippen LogP contribution in [-0.2, 0) is 15.4 Å². The van der Waals surface area contributed by atoms with E-state index in [0.717, 1.165) is 22.9 Å². The third-order valence-electron chi connectivity index (χ3n) is 4.67. The molecule has 0 saturated heterocycles. The molecule has 0 saturated carbocycles. The highest BCUT2D eigenvalue weighted by molar-refractivity contribution is 7.99. The van der Waals surface area contributed by atoms with E-state index in [0.29, 0.717) is 16.0 Å². The lowest BCUT2D eigenvalue weighted by Crippen LogP contribution is -2.47. The van der Waals surface area contributed by atoms with Gasteiger partial charge in [-0.1, -0.05) is 56.7 Å². The fourth-order valence-corrected chi connectivity index (χ4v) is 6.52. The number of thioether (sulfide) groups is 1. The van der Waals surface area contributed by atoms with Gasteiger partial charge in [-0.2, -0.15) is 17.9 Å². The summed E-state index contributed by atoms with van der Waals surface area (Å²) in [5.74, 6) is -0.459. The summed E-state index contributed by atoms with van der Waals surface area (Å²) in [4.78, 5) is 0.614. The monoisotopic (exact) mass is 459 g/mol. The molecule has 2 aromatic carbocycles. The molecular weight excluding hydrogens is 431 g/mol. The molecule has 2 rings (SSSR count). The minimum Gasteiger partial charge on any atom is -0.207 e. The fraction of sp³-hybridized carbons (Fsp3) is 0.455. The van der Waals surface area contributed by atoms with Crippen molar-refractivity contribution in [3.63, 3.8) is 0 Å². The Morgan fingerprint density at radius 1 is 1.00 bits per heavy atom. The van der Waals surface area contributed by atoms with Crippen molar-refractivity contribution in [3.8, 4) is 0 Å². The van der Waals surface area contributed by atoms with E-state index in [-0.39, 0.29) is 10.3 Å². The Kier molecular flexibility index (Phi) is 7.37. The highest BCUT2D eigenvalue weighted by atomic mass is 32.2. The van der Waals surface area contributed by atoms with Gasteiger partial charge in [-0.25, -0.2) is 8.42 Å². The van der Waals surface area contributed by atoms with Crippen molar-refractivity contribution in [2.45, 2.75) is 69.0 Å². The molecule has 0 spiro atoms. The van der Waals surface area contributed by atoms with E-state index in [4.69, 9.17) is 0 Å². The Labute approximate surface area is 181 Å². The van der Waals surface area contributed by atoms with Gasteiger partial charge in [0.1, 0.15) is 6.04 Å². The van der Waals surface area contributed by atoms with Crippen LogP contribution in [0.3, 0.4) is 0 Å². The molecule has 0 aliphatic heterocycles. The molecule has 0 aliphatic rings. The maximum absolute atomic E-state index is 13.7. The lowest BCUT2D eigenvalue weighted by Gasteiger charge is -2.25. The topological polar surface area (TPSA) is 46.2 Å². The minimum absolute atomic E-state index is 0.0950. The van der Waals surface area contributed by atoms with Crippen LogP contribution < -0.4 is 4.72 Å². The standard InChI is InChI=1S/C22H28F3NO2S2/c1-14-11-15(2)20(16(3)12-14)30(27,28)26-19(22(23,24)25)13-29-18-10-8-7-9-17(18)21(4,5)6/h7-12,19,26H,13H2,1-6H3. The van der Waals surface area contributed by atoms with Crippen molar-refractivity contribution in [1.82, 2.24) is 4.72 Å². The van der Waals surface area contributed by atoms with Crippen molar-refractivity contribution in [2.75, 3.05) is 5.75 Å². The second kappa shape index (κ2) is 8.93. The van der Waals surface area contributed by atoms with Crippen molar-refractivity contribution < 1.29 is 21.6 Å². The Hall–Kier alpha value is -1.51. The molecule has 30 heavy (non-hydrogen) atoms. The molecule has 0 amide bonds. The van der Waals surface area contributed by atoms with Gasteiger partial charge in [-0.3, -0.25) is 0 Å². The molecule has 8 heteroatoms. The summed E-state index contributed by atoms with van der Waals surface area (Å²) < 4.78 is 68.8. The molecule has 1 N–H and O–H groups in total. The largest absolute Gasteiger partial charge is 0.405 e. The highest BCUT2D eigenvalue weighted by Gasteiger charge is 2.43. The summed E-state index contributed by atoms with van der Waals surface area (Å²) >= 11 is 1.01. The van der Waals surface area contributed by atoms with E-state index < -0.39 is 28.0 Å². The average Bonchev–Trinajstić information content (AvgIpc) is 2.55. The lowest BCUT2D eigenvalue weighted by molar-refractivity contribution is -0.145. The maximum atomic E-state index is 13.7. The Balaban J connectivity index is 2.33. The second-order valence-electron chi connectivity index (χ2n) is 8.50. The van der Waals surface area contributed by atoms with E-state index in [1.165, 1.54) is 0 Å². The third kappa shape index (κ3) is 6.02. The Morgan fingerprint density at radius 2 is 1.53 bits per heavy atom. The number of aryl methyl sites for hydroxylation is 3. The summed E-state index contributed by atoms with van der Waals surface area (Å²) in [6.07, 6.45) is -4.72. The predicted octanol–water partition coefficient (Wildman–Crippen LogP) is 5.91. The number of benzene rings is 2. The number of rotatable bonds is 6. The lowest BCUT2D eigenvalue weighted by atomic mass is 9.87. The normalized spacial score (nSPS) is 14.0. The smallest absolute Gasteiger partial charge is 0.207 e. The molecule has 1 atom stereocenters. The summed E-state index contributed by atoms with van der Waals surface area (Å²) in [6.45, 7) is 10.9. The number of hydrogen-bond acceptors (Lipinski definition) is 3. The van der Waals surface area contributed by atoms with Crippen LogP contribution in [0.5, 0.6) is 0 Å². The molecule has 0 radical (unpaired) electrons. The first-order valence-electron chi connectivity index (χ1n) is 9.52. The summed E-state index contributed by atoms with van der Waals surface area (Å²) in [6, 6.07) is 8.36. The molecule has 1 unspecified atom stereocenters. The zero-order chi connectivity index (χ0) is 22.9. The summed E-state index contributed by atoms with van der Waals surface area (Å²) in [5, 5.41) is 0. The quantitative estimate of drug-likeness (QED) is 0.546. The van der Waals surface area contributed by atoms with E-state index >= 15 is 0 Å². The average molecular weight is 460 g/mol. The van der Waals surface area contributed by atoms with E-state index in [1.807, 2.05) is 44.5 Å². The van der Waals surface area contributed by atoms with Gasteiger partial charge in [0.15, 0.2) is 0 Å². The zero-order valence-electron chi connectivity index (χ0n) is 18.0. The number of halogens is 3. The first kappa shape index (κ1) is 24.8. The van der Waals surface area contributed by atoms with Gasteiger partial charge in [-0.05, 0) is 48.9 Å². The van der Waals surface area contributed by atoms with Crippen LogP contribution in [0.1, 0.15) is 43.0 Å². The van der Waals surface area contributed by atoms with Gasteiger partial charge < -0.3 is 0 Å². The fourth-order valence-electron chi connectivity index (χ4n) is 3.42. The highest BCUT2D eigenvalue weighted by Crippen LogP contribution is 2.35. The van der Waals surface area contributed by atoms with Crippen molar-refractivity contribution in [3.05, 3.63) is 58.7 Å². The first-order chi connectivity index (χ1) is 13.6. The number of alkyl halides is 3. The SMILES string of the molecule is Cc1cc(C)c(S(=O)(=O)NC(CSc2ccccc2C(C)(C)C)C(F)(F)F)c(C)c1. The van der Waals surface area contributed by atoms with Crippen LogP contribution >= 0.6 is 11.8 Å². The van der Waals surface area contributed by atoms with E-state index in [9.17, 15) is 21.6 Å². The zero-order valence-corrected chi connectivity index (χ0v) is 19.6. The van der Waals surface area contributed by atoms with Crippen LogP contribution in [0, 0.1) is 20.8 Å². The molecular formula is C22H28F3NO2S2. The summed E-state index contributed by atoms with van der Waals surface area (Å²) in [7, 11) is -4.35. The van der Waals surface area contributed by atoms with Gasteiger partial charge in [0.05, 0.1) is 4.90 Å². The maximum Gasteiger partial charge on any atom is 0.405 e. The molecule has 0 heterocycles. The molecule has 0 bridgehead atoms. The van der Waals surface area contributed by atoms with Crippen LogP contribution in [0.15, 0.2) is 46.2 Å². The second-order valence-corrected chi connectivity index (χ2v) is 11.2. The number of nitrogens with one attached hydrogen (secondary N) is 1. The van der Waals surface area contributed by atoms with Gasteiger partial charge in [-0.15, -0.1) is 11.8 Å². The molecule has 166 valence electrons. The third-order valence-corrected chi connectivity index (χ3v) is 7.61. The minimum atomic E-state index is -4.72. The van der Waals surface area contributed by atoms with Crippen molar-refractivity contribution in [1.29, 1.82) is 0 Å². The Bertz CT molecular complexity index is 987. The first-order valence-corrected chi connectivity index (χ1v) is 12.0. The van der Waals surface area contributed by atoms with E-state index in [2.05, 4.69) is 0 Å². The Morgan fingerprint density at radius 3 is 2.03 bits per heavy atom. The molecule has 0 fully saturated rings. The van der Waals surface area contributed by atoms with Gasteiger partial charge in [0.25, 0.3) is 0 Å².